The standard InChI is InChI=1S/C12H20O2/c1-11-7-3-6-10(14)12(11,2)8-4-5-9(11)13/h9,13H,3-8H2,1-2H3. The van der Waals surface area contributed by atoms with Crippen LogP contribution in [0.5, 0.6) is 0 Å². The van der Waals surface area contributed by atoms with Gasteiger partial charge in [-0.15, -0.1) is 0 Å². The topological polar surface area (TPSA) is 37.3 Å². The highest BCUT2D eigenvalue weighted by Gasteiger charge is 2.56. The van der Waals surface area contributed by atoms with Crippen molar-refractivity contribution in [2.75, 3.05) is 0 Å². The Hall–Kier alpha value is -0.370. The number of aliphatic hydroxyl groups excluding tert-OH is 1. The second-order valence-corrected chi connectivity index (χ2v) is 5.43. The molecule has 0 heterocycles. The molecule has 0 aromatic carbocycles. The Morgan fingerprint density at radius 1 is 1.29 bits per heavy atom. The molecule has 0 aromatic rings. The molecule has 0 saturated heterocycles. The number of ketones is 1. The van der Waals surface area contributed by atoms with Gasteiger partial charge >= 0.3 is 0 Å². The van der Waals surface area contributed by atoms with E-state index in [1.807, 2.05) is 0 Å². The molecule has 3 atom stereocenters. The highest BCUT2D eigenvalue weighted by Crippen LogP contribution is 2.56. The number of carbonyl (C=O) groups is 1. The third-order valence-corrected chi connectivity index (χ3v) is 4.87. The molecule has 2 aliphatic rings. The third kappa shape index (κ3) is 1.10. The molecule has 2 heteroatoms. The number of aliphatic hydroxyl groups is 1. The molecule has 0 aromatic heterocycles. The van der Waals surface area contributed by atoms with Gasteiger partial charge in [-0.3, -0.25) is 4.79 Å². The Kier molecular flexibility index (Phi) is 2.22. The van der Waals surface area contributed by atoms with Gasteiger partial charge in [0.25, 0.3) is 0 Å². The average Bonchev–Trinajstić information content (AvgIpc) is 2.13. The van der Waals surface area contributed by atoms with Crippen molar-refractivity contribution in [3.63, 3.8) is 0 Å². The second kappa shape index (κ2) is 3.06. The highest BCUT2D eigenvalue weighted by atomic mass is 16.3. The summed E-state index contributed by atoms with van der Waals surface area (Å²) in [6.45, 7) is 4.17. The predicted octanol–water partition coefficient (Wildman–Crippen LogP) is 2.30. The van der Waals surface area contributed by atoms with Crippen LogP contribution in [0.15, 0.2) is 0 Å². The average molecular weight is 196 g/mol. The number of Topliss-reactive ketones (excluding diaryl/α,β-unsaturated/α-hetero) is 1. The smallest absolute Gasteiger partial charge is 0.139 e. The lowest BCUT2D eigenvalue weighted by molar-refractivity contribution is -0.159. The van der Waals surface area contributed by atoms with Crippen molar-refractivity contribution in [1.82, 2.24) is 0 Å². The molecule has 0 bridgehead atoms. The van der Waals surface area contributed by atoms with E-state index in [-0.39, 0.29) is 16.9 Å². The predicted molar refractivity (Wildman–Crippen MR) is 54.9 cm³/mol. The first kappa shape index (κ1) is 10.2. The van der Waals surface area contributed by atoms with E-state index >= 15 is 0 Å². The maximum absolute atomic E-state index is 12.0. The molecule has 1 N–H and O–H groups in total. The zero-order valence-electron chi connectivity index (χ0n) is 9.18. The Labute approximate surface area is 85.7 Å². The molecule has 3 unspecified atom stereocenters. The fourth-order valence-electron chi connectivity index (χ4n) is 3.41. The van der Waals surface area contributed by atoms with E-state index in [0.29, 0.717) is 5.78 Å². The Balaban J connectivity index is 2.38. The quantitative estimate of drug-likeness (QED) is 0.645. The van der Waals surface area contributed by atoms with Crippen molar-refractivity contribution < 1.29 is 9.90 Å². The summed E-state index contributed by atoms with van der Waals surface area (Å²) in [7, 11) is 0. The van der Waals surface area contributed by atoms with E-state index in [1.165, 1.54) is 0 Å². The fourth-order valence-corrected chi connectivity index (χ4v) is 3.41. The summed E-state index contributed by atoms with van der Waals surface area (Å²) >= 11 is 0. The van der Waals surface area contributed by atoms with Gasteiger partial charge in [0.2, 0.25) is 0 Å². The Morgan fingerprint density at radius 3 is 2.64 bits per heavy atom. The van der Waals surface area contributed by atoms with Gasteiger partial charge in [-0.1, -0.05) is 13.8 Å². The lowest BCUT2D eigenvalue weighted by atomic mass is 9.50. The molecule has 14 heavy (non-hydrogen) atoms. The largest absolute Gasteiger partial charge is 0.393 e. The molecule has 2 nitrogen and oxygen atoms in total. The molecule has 2 rings (SSSR count). The summed E-state index contributed by atoms with van der Waals surface area (Å²) in [6, 6.07) is 0. The van der Waals surface area contributed by atoms with Gasteiger partial charge in [-0.25, -0.2) is 0 Å². The van der Waals surface area contributed by atoms with Gasteiger partial charge in [0.15, 0.2) is 0 Å². The van der Waals surface area contributed by atoms with Crippen molar-refractivity contribution in [3.8, 4) is 0 Å². The molecule has 0 aliphatic heterocycles. The summed E-state index contributed by atoms with van der Waals surface area (Å²) in [5.41, 5.74) is -0.399. The van der Waals surface area contributed by atoms with E-state index in [0.717, 1.165) is 38.5 Å². The summed E-state index contributed by atoms with van der Waals surface area (Å²) in [5.74, 6) is 0.380. The fraction of sp³-hybridized carbons (Fsp3) is 0.917. The minimum absolute atomic E-state index is 0.152. The molecule has 2 saturated carbocycles. The van der Waals surface area contributed by atoms with Gasteiger partial charge in [0.1, 0.15) is 5.78 Å². The number of carbonyl (C=O) groups excluding carboxylic acids is 1. The van der Waals surface area contributed by atoms with E-state index in [2.05, 4.69) is 13.8 Å². The molecule has 0 spiro atoms. The van der Waals surface area contributed by atoms with E-state index in [9.17, 15) is 9.90 Å². The summed E-state index contributed by atoms with van der Waals surface area (Å²) < 4.78 is 0. The maximum Gasteiger partial charge on any atom is 0.139 e. The van der Waals surface area contributed by atoms with Gasteiger partial charge in [-0.05, 0) is 32.1 Å². The van der Waals surface area contributed by atoms with Crippen LogP contribution < -0.4 is 0 Å². The normalized spacial score (nSPS) is 48.8. The molecule has 2 aliphatic carbocycles. The van der Waals surface area contributed by atoms with Crippen molar-refractivity contribution in [1.29, 1.82) is 0 Å². The summed E-state index contributed by atoms with van der Waals surface area (Å²) in [5, 5.41) is 10.1. The summed E-state index contributed by atoms with van der Waals surface area (Å²) in [4.78, 5) is 12.0. The number of hydrogen-bond acceptors (Lipinski definition) is 2. The lowest BCUT2D eigenvalue weighted by Gasteiger charge is -2.54. The zero-order chi connectivity index (χ0) is 10.4. The number of rotatable bonds is 0. The zero-order valence-corrected chi connectivity index (χ0v) is 9.18. The van der Waals surface area contributed by atoms with Gasteiger partial charge in [0, 0.05) is 17.3 Å². The first-order valence-corrected chi connectivity index (χ1v) is 5.72. The van der Waals surface area contributed by atoms with Gasteiger partial charge in [-0.2, -0.15) is 0 Å². The van der Waals surface area contributed by atoms with Crippen molar-refractivity contribution in [2.45, 2.75) is 58.5 Å². The van der Waals surface area contributed by atoms with Crippen LogP contribution in [-0.4, -0.2) is 17.0 Å². The monoisotopic (exact) mass is 196 g/mol. The summed E-state index contributed by atoms with van der Waals surface area (Å²) in [6.07, 6.45) is 5.26. The molecule has 0 radical (unpaired) electrons. The van der Waals surface area contributed by atoms with Crippen LogP contribution in [0.1, 0.15) is 52.4 Å². The molecular weight excluding hydrogens is 176 g/mol. The van der Waals surface area contributed by atoms with Crippen LogP contribution in [-0.2, 0) is 4.79 Å². The van der Waals surface area contributed by atoms with E-state index < -0.39 is 0 Å². The lowest BCUT2D eigenvalue weighted by Crippen LogP contribution is -2.55. The van der Waals surface area contributed by atoms with Crippen LogP contribution in [0.4, 0.5) is 0 Å². The van der Waals surface area contributed by atoms with Gasteiger partial charge in [0.05, 0.1) is 6.10 Å². The number of hydrogen-bond donors (Lipinski definition) is 1. The second-order valence-electron chi connectivity index (χ2n) is 5.43. The van der Waals surface area contributed by atoms with Gasteiger partial charge < -0.3 is 5.11 Å². The molecule has 80 valence electrons. The SMILES string of the molecule is CC12CCCC(O)C1(C)CCCC2=O. The molecule has 0 amide bonds. The van der Waals surface area contributed by atoms with Crippen molar-refractivity contribution in [2.24, 2.45) is 10.8 Å². The van der Waals surface area contributed by atoms with Crippen LogP contribution in [0, 0.1) is 10.8 Å². The minimum Gasteiger partial charge on any atom is -0.393 e. The first-order valence-electron chi connectivity index (χ1n) is 5.72. The van der Waals surface area contributed by atoms with Crippen molar-refractivity contribution >= 4 is 5.78 Å². The van der Waals surface area contributed by atoms with Crippen molar-refractivity contribution in [3.05, 3.63) is 0 Å². The van der Waals surface area contributed by atoms with Crippen LogP contribution in [0.3, 0.4) is 0 Å². The third-order valence-electron chi connectivity index (χ3n) is 4.87. The molecule has 2 fully saturated rings. The van der Waals surface area contributed by atoms with E-state index in [4.69, 9.17) is 0 Å². The van der Waals surface area contributed by atoms with Crippen LogP contribution in [0.25, 0.3) is 0 Å². The minimum atomic E-state index is -0.273. The number of fused-ring (bicyclic) bond motifs is 1. The Morgan fingerprint density at radius 2 is 2.00 bits per heavy atom. The molecular formula is C12H20O2. The van der Waals surface area contributed by atoms with Crippen LogP contribution >= 0.6 is 0 Å². The van der Waals surface area contributed by atoms with E-state index in [1.54, 1.807) is 0 Å². The maximum atomic E-state index is 12.0. The Bertz CT molecular complexity index is 261. The first-order chi connectivity index (χ1) is 6.51. The van der Waals surface area contributed by atoms with Crippen LogP contribution in [0.2, 0.25) is 0 Å². The highest BCUT2D eigenvalue weighted by molar-refractivity contribution is 5.86.